The third kappa shape index (κ3) is 2.06. The van der Waals surface area contributed by atoms with Gasteiger partial charge in [0.2, 0.25) is 5.01 Å². The SMILES string of the molecule is CN(C)C(=O)c1nnc(-c2cccnc2)s1. The summed E-state index contributed by atoms with van der Waals surface area (Å²) in [7, 11) is 3.38. The largest absolute Gasteiger partial charge is 0.343 e. The minimum Gasteiger partial charge on any atom is -0.343 e. The zero-order chi connectivity index (χ0) is 11.5. The average Bonchev–Trinajstić information content (AvgIpc) is 2.78. The molecule has 0 unspecified atom stereocenters. The number of hydrogen-bond donors (Lipinski definition) is 0. The molecule has 0 aromatic carbocycles. The molecule has 0 saturated heterocycles. The lowest BCUT2D eigenvalue weighted by Gasteiger charge is -2.05. The molecule has 0 aliphatic heterocycles. The van der Waals surface area contributed by atoms with Crippen molar-refractivity contribution in [2.45, 2.75) is 0 Å². The lowest BCUT2D eigenvalue weighted by Crippen LogP contribution is -2.21. The van der Waals surface area contributed by atoms with Crippen LogP contribution in [0.25, 0.3) is 10.6 Å². The van der Waals surface area contributed by atoms with Crippen molar-refractivity contribution in [1.29, 1.82) is 0 Å². The normalized spacial score (nSPS) is 10.1. The van der Waals surface area contributed by atoms with E-state index in [0.717, 1.165) is 5.56 Å². The van der Waals surface area contributed by atoms with Crippen LogP contribution in [0.5, 0.6) is 0 Å². The number of nitrogens with zero attached hydrogens (tertiary/aromatic N) is 4. The summed E-state index contributed by atoms with van der Waals surface area (Å²) in [4.78, 5) is 17.1. The van der Waals surface area contributed by atoms with E-state index in [0.29, 0.717) is 10.0 Å². The van der Waals surface area contributed by atoms with E-state index in [9.17, 15) is 4.79 Å². The van der Waals surface area contributed by atoms with Crippen LogP contribution >= 0.6 is 11.3 Å². The molecule has 0 aliphatic carbocycles. The minimum absolute atomic E-state index is 0.132. The van der Waals surface area contributed by atoms with Gasteiger partial charge < -0.3 is 4.90 Å². The summed E-state index contributed by atoms with van der Waals surface area (Å²) >= 11 is 1.27. The van der Waals surface area contributed by atoms with Gasteiger partial charge in [-0.3, -0.25) is 9.78 Å². The molecular formula is C10H10N4OS. The van der Waals surface area contributed by atoms with Gasteiger partial charge in [0.25, 0.3) is 5.91 Å². The monoisotopic (exact) mass is 234 g/mol. The number of amides is 1. The highest BCUT2D eigenvalue weighted by atomic mass is 32.1. The molecule has 0 N–H and O–H groups in total. The number of pyridine rings is 1. The van der Waals surface area contributed by atoms with E-state index in [1.165, 1.54) is 16.2 Å². The van der Waals surface area contributed by atoms with E-state index in [-0.39, 0.29) is 5.91 Å². The van der Waals surface area contributed by atoms with Crippen LogP contribution in [0.2, 0.25) is 0 Å². The Balaban J connectivity index is 2.30. The molecular weight excluding hydrogens is 224 g/mol. The van der Waals surface area contributed by atoms with E-state index in [2.05, 4.69) is 15.2 Å². The minimum atomic E-state index is -0.132. The Morgan fingerprint density at radius 3 is 2.81 bits per heavy atom. The van der Waals surface area contributed by atoms with Crippen molar-refractivity contribution < 1.29 is 4.79 Å². The first kappa shape index (κ1) is 10.7. The topological polar surface area (TPSA) is 59.0 Å². The van der Waals surface area contributed by atoms with Gasteiger partial charge in [0, 0.05) is 32.1 Å². The van der Waals surface area contributed by atoms with Crippen LogP contribution in [-0.4, -0.2) is 40.1 Å². The summed E-state index contributed by atoms with van der Waals surface area (Å²) < 4.78 is 0. The average molecular weight is 234 g/mol. The van der Waals surface area contributed by atoms with Crippen molar-refractivity contribution in [3.8, 4) is 10.6 Å². The first-order valence-electron chi connectivity index (χ1n) is 4.64. The molecule has 6 heteroatoms. The summed E-state index contributed by atoms with van der Waals surface area (Å²) in [6, 6.07) is 3.71. The molecule has 0 aliphatic rings. The van der Waals surface area contributed by atoms with Gasteiger partial charge >= 0.3 is 0 Å². The molecule has 2 aromatic heterocycles. The first-order valence-corrected chi connectivity index (χ1v) is 5.45. The third-order valence-corrected chi connectivity index (χ3v) is 2.88. The Labute approximate surface area is 96.8 Å². The molecule has 0 saturated carbocycles. The van der Waals surface area contributed by atoms with E-state index in [1.807, 2.05) is 12.1 Å². The molecule has 82 valence electrons. The number of aromatic nitrogens is 3. The fraction of sp³-hybridized carbons (Fsp3) is 0.200. The van der Waals surface area contributed by atoms with Gasteiger partial charge in [0.1, 0.15) is 5.01 Å². The summed E-state index contributed by atoms with van der Waals surface area (Å²) in [6.07, 6.45) is 3.39. The maximum absolute atomic E-state index is 11.6. The summed E-state index contributed by atoms with van der Waals surface area (Å²) in [5.74, 6) is -0.132. The van der Waals surface area contributed by atoms with Crippen molar-refractivity contribution in [2.75, 3.05) is 14.1 Å². The van der Waals surface area contributed by atoms with Crippen molar-refractivity contribution in [1.82, 2.24) is 20.1 Å². The second kappa shape index (κ2) is 4.36. The molecule has 2 rings (SSSR count). The van der Waals surface area contributed by atoms with Crippen LogP contribution in [-0.2, 0) is 0 Å². The van der Waals surface area contributed by atoms with Crippen LogP contribution in [0.15, 0.2) is 24.5 Å². The Morgan fingerprint density at radius 1 is 1.38 bits per heavy atom. The Morgan fingerprint density at radius 2 is 2.19 bits per heavy atom. The van der Waals surface area contributed by atoms with Gasteiger partial charge in [-0.15, -0.1) is 10.2 Å². The number of carbonyl (C=O) groups is 1. The van der Waals surface area contributed by atoms with Crippen molar-refractivity contribution in [3.63, 3.8) is 0 Å². The van der Waals surface area contributed by atoms with Crippen molar-refractivity contribution in [2.24, 2.45) is 0 Å². The van der Waals surface area contributed by atoms with E-state index >= 15 is 0 Å². The quantitative estimate of drug-likeness (QED) is 0.786. The van der Waals surface area contributed by atoms with E-state index in [1.54, 1.807) is 26.5 Å². The maximum atomic E-state index is 11.6. The molecule has 0 fully saturated rings. The molecule has 1 amide bonds. The van der Waals surface area contributed by atoms with E-state index in [4.69, 9.17) is 0 Å². The Bertz CT molecular complexity index is 495. The highest BCUT2D eigenvalue weighted by Crippen LogP contribution is 2.22. The summed E-state index contributed by atoms with van der Waals surface area (Å²) in [5, 5.41) is 8.93. The van der Waals surface area contributed by atoms with Crippen LogP contribution in [0.1, 0.15) is 9.80 Å². The fourth-order valence-electron chi connectivity index (χ4n) is 1.11. The zero-order valence-corrected chi connectivity index (χ0v) is 9.73. The number of carbonyl (C=O) groups excluding carboxylic acids is 1. The smallest absolute Gasteiger partial charge is 0.284 e. The van der Waals surface area contributed by atoms with Crippen molar-refractivity contribution >= 4 is 17.2 Å². The maximum Gasteiger partial charge on any atom is 0.284 e. The Kier molecular flexibility index (Phi) is 2.91. The van der Waals surface area contributed by atoms with Crippen LogP contribution in [0, 0.1) is 0 Å². The standard InChI is InChI=1S/C10H10N4OS/c1-14(2)10(15)9-13-12-8(16-9)7-4-3-5-11-6-7/h3-6H,1-2H3. The molecule has 2 heterocycles. The second-order valence-corrected chi connectivity index (χ2v) is 4.33. The van der Waals surface area contributed by atoms with Gasteiger partial charge in [-0.1, -0.05) is 11.3 Å². The lowest BCUT2D eigenvalue weighted by molar-refractivity contribution is 0.0826. The summed E-state index contributed by atoms with van der Waals surface area (Å²) in [6.45, 7) is 0. The van der Waals surface area contributed by atoms with Crippen LogP contribution < -0.4 is 0 Å². The lowest BCUT2D eigenvalue weighted by atomic mass is 10.3. The van der Waals surface area contributed by atoms with Gasteiger partial charge in [-0.05, 0) is 12.1 Å². The Hall–Kier alpha value is -1.82. The third-order valence-electron chi connectivity index (χ3n) is 1.92. The second-order valence-electron chi connectivity index (χ2n) is 3.35. The summed E-state index contributed by atoms with van der Waals surface area (Å²) in [5.41, 5.74) is 0.873. The number of rotatable bonds is 2. The molecule has 5 nitrogen and oxygen atoms in total. The molecule has 16 heavy (non-hydrogen) atoms. The van der Waals surface area contributed by atoms with Crippen LogP contribution in [0.3, 0.4) is 0 Å². The fourth-order valence-corrected chi connectivity index (χ4v) is 1.96. The predicted molar refractivity (Wildman–Crippen MR) is 61.2 cm³/mol. The highest BCUT2D eigenvalue weighted by molar-refractivity contribution is 7.16. The van der Waals surface area contributed by atoms with Gasteiger partial charge in [-0.25, -0.2) is 0 Å². The van der Waals surface area contributed by atoms with E-state index < -0.39 is 0 Å². The van der Waals surface area contributed by atoms with Gasteiger partial charge in [-0.2, -0.15) is 0 Å². The molecule has 2 aromatic rings. The van der Waals surface area contributed by atoms with Gasteiger partial charge in [0.05, 0.1) is 0 Å². The zero-order valence-electron chi connectivity index (χ0n) is 8.91. The molecule has 0 atom stereocenters. The van der Waals surface area contributed by atoms with Crippen LogP contribution in [0.4, 0.5) is 0 Å². The predicted octanol–water partition coefficient (Wildman–Crippen LogP) is 1.30. The number of hydrogen-bond acceptors (Lipinski definition) is 5. The first-order chi connectivity index (χ1) is 7.68. The highest BCUT2D eigenvalue weighted by Gasteiger charge is 2.15. The van der Waals surface area contributed by atoms with Gasteiger partial charge in [0.15, 0.2) is 0 Å². The molecule has 0 bridgehead atoms. The van der Waals surface area contributed by atoms with Crippen molar-refractivity contribution in [3.05, 3.63) is 29.5 Å². The molecule has 0 spiro atoms. The molecule has 0 radical (unpaired) electrons.